The largest absolute Gasteiger partial charge is 0.480 e. The van der Waals surface area contributed by atoms with Crippen LogP contribution < -0.4 is 0 Å². The third-order valence-corrected chi connectivity index (χ3v) is 3.64. The van der Waals surface area contributed by atoms with Crippen LogP contribution in [-0.2, 0) is 23.1 Å². The lowest BCUT2D eigenvalue weighted by Crippen LogP contribution is -2.33. The molecule has 7 heteroatoms. The van der Waals surface area contributed by atoms with Crippen molar-refractivity contribution in [1.29, 1.82) is 0 Å². The van der Waals surface area contributed by atoms with Gasteiger partial charge < -0.3 is 9.84 Å². The Morgan fingerprint density at radius 3 is 2.72 bits per heavy atom. The number of nitrogens with zero attached hydrogens (tertiary/aromatic N) is 3. The number of ether oxygens (including phenoxy) is 1. The van der Waals surface area contributed by atoms with Gasteiger partial charge in [-0.25, -0.2) is 0 Å². The lowest BCUT2D eigenvalue weighted by Gasteiger charge is -2.20. The van der Waals surface area contributed by atoms with Crippen molar-refractivity contribution < 1.29 is 14.6 Å². The summed E-state index contributed by atoms with van der Waals surface area (Å²) >= 11 is 3.48. The molecule has 0 unspecified atom stereocenters. The Morgan fingerprint density at radius 1 is 1.61 bits per heavy atom. The maximum absolute atomic E-state index is 10.8. The maximum atomic E-state index is 10.8. The molecule has 0 spiro atoms. The molecule has 1 aromatic rings. The Morgan fingerprint density at radius 2 is 2.28 bits per heavy atom. The molecule has 0 fully saturated rings. The van der Waals surface area contributed by atoms with Crippen LogP contribution in [0.1, 0.15) is 11.4 Å². The number of hydrogen-bond acceptors (Lipinski definition) is 4. The number of aryl methyl sites for hydroxylation is 2. The first-order valence-corrected chi connectivity index (χ1v) is 6.36. The number of methoxy groups -OCH3 is 1. The van der Waals surface area contributed by atoms with Crippen molar-refractivity contribution in [2.75, 3.05) is 26.8 Å². The summed E-state index contributed by atoms with van der Waals surface area (Å²) in [5, 5.41) is 13.2. The molecule has 0 aliphatic rings. The predicted octanol–water partition coefficient (Wildman–Crippen LogP) is 1.02. The minimum Gasteiger partial charge on any atom is -0.480 e. The molecule has 0 atom stereocenters. The van der Waals surface area contributed by atoms with E-state index < -0.39 is 5.97 Å². The van der Waals surface area contributed by atoms with Gasteiger partial charge in [0, 0.05) is 27.2 Å². The second kappa shape index (κ2) is 6.86. The van der Waals surface area contributed by atoms with Gasteiger partial charge in [0.25, 0.3) is 0 Å². The van der Waals surface area contributed by atoms with Crippen LogP contribution in [0, 0.1) is 6.92 Å². The molecule has 0 saturated heterocycles. The molecule has 1 rings (SSSR count). The second-order valence-electron chi connectivity index (χ2n) is 4.07. The molecule has 0 aromatic carbocycles. The van der Waals surface area contributed by atoms with Crippen molar-refractivity contribution in [2.24, 2.45) is 7.05 Å². The monoisotopic (exact) mass is 319 g/mol. The number of halogens is 1. The smallest absolute Gasteiger partial charge is 0.317 e. The average molecular weight is 320 g/mol. The first kappa shape index (κ1) is 15.1. The van der Waals surface area contributed by atoms with Crippen LogP contribution in [0.25, 0.3) is 0 Å². The minimum absolute atomic E-state index is 0.0139. The Hall–Kier alpha value is -0.920. The van der Waals surface area contributed by atoms with E-state index in [-0.39, 0.29) is 6.54 Å². The van der Waals surface area contributed by atoms with Gasteiger partial charge in [0.2, 0.25) is 0 Å². The lowest BCUT2D eigenvalue weighted by atomic mass is 10.3. The maximum Gasteiger partial charge on any atom is 0.317 e. The first-order valence-electron chi connectivity index (χ1n) is 5.56. The second-order valence-corrected chi connectivity index (χ2v) is 4.86. The van der Waals surface area contributed by atoms with E-state index in [1.54, 1.807) is 11.8 Å². The van der Waals surface area contributed by atoms with Gasteiger partial charge in [0.15, 0.2) is 0 Å². The van der Waals surface area contributed by atoms with E-state index in [0.717, 1.165) is 15.9 Å². The van der Waals surface area contributed by atoms with E-state index in [9.17, 15) is 4.79 Å². The first-order chi connectivity index (χ1) is 8.45. The fraction of sp³-hybridized carbons (Fsp3) is 0.636. The number of aliphatic carboxylic acids is 1. The highest BCUT2D eigenvalue weighted by atomic mass is 79.9. The van der Waals surface area contributed by atoms with Crippen LogP contribution in [0.4, 0.5) is 0 Å². The summed E-state index contributed by atoms with van der Waals surface area (Å²) < 4.78 is 7.68. The van der Waals surface area contributed by atoms with E-state index in [1.165, 1.54) is 0 Å². The zero-order chi connectivity index (χ0) is 13.7. The van der Waals surface area contributed by atoms with Crippen LogP contribution in [0.15, 0.2) is 4.47 Å². The molecule has 18 heavy (non-hydrogen) atoms. The molecule has 0 saturated carbocycles. The quantitative estimate of drug-likeness (QED) is 0.813. The Kier molecular flexibility index (Phi) is 5.77. The topological polar surface area (TPSA) is 67.6 Å². The molecule has 0 radical (unpaired) electrons. The minimum atomic E-state index is -0.846. The summed E-state index contributed by atoms with van der Waals surface area (Å²) in [6, 6.07) is 0. The van der Waals surface area contributed by atoms with Crippen molar-refractivity contribution >= 4 is 21.9 Å². The molecular formula is C11H18BrN3O3. The normalized spacial score (nSPS) is 11.2. The number of carbonyl (C=O) groups is 1. The molecule has 102 valence electrons. The number of hydrogen-bond donors (Lipinski definition) is 1. The average Bonchev–Trinajstić information content (AvgIpc) is 2.52. The molecule has 1 heterocycles. The van der Waals surface area contributed by atoms with Gasteiger partial charge >= 0.3 is 5.97 Å². The van der Waals surface area contributed by atoms with E-state index in [0.29, 0.717) is 19.7 Å². The third-order valence-electron chi connectivity index (χ3n) is 2.61. The molecule has 0 aliphatic carbocycles. The molecule has 6 nitrogen and oxygen atoms in total. The lowest BCUT2D eigenvalue weighted by molar-refractivity contribution is -0.138. The van der Waals surface area contributed by atoms with Gasteiger partial charge in [-0.15, -0.1) is 0 Å². The Balaban J connectivity index is 2.77. The standard InChI is InChI=1S/C11H18BrN3O3/c1-8-11(12)9(14(2)13-8)6-15(4-5-18-3)7-10(16)17/h4-7H2,1-3H3,(H,16,17). The highest BCUT2D eigenvalue weighted by Gasteiger charge is 2.16. The highest BCUT2D eigenvalue weighted by molar-refractivity contribution is 9.10. The fourth-order valence-corrected chi connectivity index (χ4v) is 2.15. The summed E-state index contributed by atoms with van der Waals surface area (Å²) in [7, 11) is 3.45. The van der Waals surface area contributed by atoms with Gasteiger partial charge in [-0.3, -0.25) is 14.4 Å². The number of carboxylic acids is 1. The molecular weight excluding hydrogens is 302 g/mol. The summed E-state index contributed by atoms with van der Waals surface area (Å²) in [6.07, 6.45) is 0. The summed E-state index contributed by atoms with van der Waals surface area (Å²) in [5.41, 5.74) is 1.86. The van der Waals surface area contributed by atoms with Gasteiger partial charge in [-0.1, -0.05) is 0 Å². The fourth-order valence-electron chi connectivity index (χ4n) is 1.69. The van der Waals surface area contributed by atoms with Gasteiger partial charge in [-0.05, 0) is 22.9 Å². The molecule has 0 aliphatic heterocycles. The molecule has 0 bridgehead atoms. The highest BCUT2D eigenvalue weighted by Crippen LogP contribution is 2.21. The Labute approximate surface area is 115 Å². The van der Waals surface area contributed by atoms with Crippen molar-refractivity contribution in [3.63, 3.8) is 0 Å². The van der Waals surface area contributed by atoms with Crippen LogP contribution in [0.5, 0.6) is 0 Å². The summed E-state index contributed by atoms with van der Waals surface area (Å²) in [6.45, 7) is 3.49. The van der Waals surface area contributed by atoms with E-state index >= 15 is 0 Å². The van der Waals surface area contributed by atoms with E-state index in [1.807, 2.05) is 18.9 Å². The van der Waals surface area contributed by atoms with Crippen molar-refractivity contribution in [1.82, 2.24) is 14.7 Å². The summed E-state index contributed by atoms with van der Waals surface area (Å²) in [4.78, 5) is 12.6. The zero-order valence-electron chi connectivity index (χ0n) is 10.8. The Bertz CT molecular complexity index is 420. The van der Waals surface area contributed by atoms with Crippen LogP contribution in [0.2, 0.25) is 0 Å². The number of rotatable bonds is 7. The van der Waals surface area contributed by atoms with E-state index in [2.05, 4.69) is 21.0 Å². The van der Waals surface area contributed by atoms with Crippen LogP contribution in [0.3, 0.4) is 0 Å². The van der Waals surface area contributed by atoms with Crippen LogP contribution in [-0.4, -0.2) is 52.6 Å². The van der Waals surface area contributed by atoms with Crippen molar-refractivity contribution in [3.05, 3.63) is 15.9 Å². The molecule has 1 aromatic heterocycles. The SMILES string of the molecule is COCCN(CC(=O)O)Cc1c(Br)c(C)nn1C. The number of aromatic nitrogens is 2. The summed E-state index contributed by atoms with van der Waals surface area (Å²) in [5.74, 6) is -0.846. The van der Waals surface area contributed by atoms with Gasteiger partial charge in [0.05, 0.1) is 29.0 Å². The molecule has 1 N–H and O–H groups in total. The van der Waals surface area contributed by atoms with E-state index in [4.69, 9.17) is 9.84 Å². The third kappa shape index (κ3) is 4.08. The zero-order valence-corrected chi connectivity index (χ0v) is 12.4. The van der Waals surface area contributed by atoms with Crippen LogP contribution >= 0.6 is 15.9 Å². The van der Waals surface area contributed by atoms with Crippen molar-refractivity contribution in [2.45, 2.75) is 13.5 Å². The number of carboxylic acid groups (broad SMARTS) is 1. The van der Waals surface area contributed by atoms with Gasteiger partial charge in [-0.2, -0.15) is 5.10 Å². The van der Waals surface area contributed by atoms with Crippen molar-refractivity contribution in [3.8, 4) is 0 Å². The molecule has 0 amide bonds. The van der Waals surface area contributed by atoms with Gasteiger partial charge in [0.1, 0.15) is 0 Å². The predicted molar refractivity (Wildman–Crippen MR) is 70.4 cm³/mol.